The highest BCUT2D eigenvalue weighted by molar-refractivity contribution is 9.10. The summed E-state index contributed by atoms with van der Waals surface area (Å²) in [6, 6.07) is 14.1. The molecule has 26 heavy (non-hydrogen) atoms. The molecule has 3 nitrogen and oxygen atoms in total. The van der Waals surface area contributed by atoms with Crippen LogP contribution < -0.4 is 10.6 Å². The molecule has 0 saturated carbocycles. The van der Waals surface area contributed by atoms with Crippen molar-refractivity contribution in [2.45, 2.75) is 40.0 Å². The lowest BCUT2D eigenvalue weighted by atomic mass is 9.96. The monoisotopic (exact) mass is 432 g/mol. The number of aryl methyl sites for hydroxylation is 1. The largest absolute Gasteiger partial charge is 0.331 e. The SMILES string of the molecule is Cc1ccc(NC(=S)NC(=O)C(C)c2ccc(CC(C)C)cc2)c(Br)c1. The number of hydrogen-bond acceptors (Lipinski definition) is 2. The third-order valence-corrected chi connectivity index (χ3v) is 4.99. The second-order valence-corrected chi connectivity index (χ2v) is 8.25. The van der Waals surface area contributed by atoms with E-state index in [2.05, 4.69) is 52.5 Å². The van der Waals surface area contributed by atoms with Crippen molar-refractivity contribution in [2.75, 3.05) is 5.32 Å². The lowest BCUT2D eigenvalue weighted by molar-refractivity contribution is -0.120. The molecule has 2 N–H and O–H groups in total. The number of anilines is 1. The average molecular weight is 433 g/mol. The summed E-state index contributed by atoms with van der Waals surface area (Å²) in [5, 5.41) is 6.13. The van der Waals surface area contributed by atoms with Crippen molar-refractivity contribution >= 4 is 44.9 Å². The van der Waals surface area contributed by atoms with E-state index in [0.29, 0.717) is 11.0 Å². The smallest absolute Gasteiger partial charge is 0.233 e. The van der Waals surface area contributed by atoms with Gasteiger partial charge in [-0.2, -0.15) is 0 Å². The van der Waals surface area contributed by atoms with Gasteiger partial charge in [-0.3, -0.25) is 4.79 Å². The van der Waals surface area contributed by atoms with E-state index in [1.54, 1.807) is 0 Å². The Morgan fingerprint density at radius 1 is 1.12 bits per heavy atom. The van der Waals surface area contributed by atoms with Crippen molar-refractivity contribution < 1.29 is 4.79 Å². The zero-order chi connectivity index (χ0) is 19.3. The summed E-state index contributed by atoms with van der Waals surface area (Å²) in [4.78, 5) is 12.5. The van der Waals surface area contributed by atoms with Crippen LogP contribution in [0.5, 0.6) is 0 Å². The molecule has 0 radical (unpaired) electrons. The number of halogens is 1. The van der Waals surface area contributed by atoms with E-state index in [1.165, 1.54) is 5.56 Å². The number of thiocarbonyl (C=S) groups is 1. The quantitative estimate of drug-likeness (QED) is 0.606. The molecule has 0 heterocycles. The molecular formula is C21H25BrN2OS. The van der Waals surface area contributed by atoms with Gasteiger partial charge < -0.3 is 10.6 Å². The summed E-state index contributed by atoms with van der Waals surface area (Å²) in [6.07, 6.45) is 1.04. The molecule has 1 unspecified atom stereocenters. The maximum absolute atomic E-state index is 12.5. The molecule has 1 amide bonds. The van der Waals surface area contributed by atoms with Gasteiger partial charge in [0.25, 0.3) is 0 Å². The predicted molar refractivity (Wildman–Crippen MR) is 117 cm³/mol. The molecule has 1 atom stereocenters. The van der Waals surface area contributed by atoms with Crippen molar-refractivity contribution in [3.8, 4) is 0 Å². The normalized spacial score (nSPS) is 11.9. The maximum Gasteiger partial charge on any atom is 0.233 e. The van der Waals surface area contributed by atoms with Crippen LogP contribution in [0.2, 0.25) is 0 Å². The van der Waals surface area contributed by atoms with Crippen molar-refractivity contribution in [3.63, 3.8) is 0 Å². The fourth-order valence-electron chi connectivity index (χ4n) is 2.66. The van der Waals surface area contributed by atoms with Gasteiger partial charge in [0, 0.05) is 4.47 Å². The third-order valence-electron chi connectivity index (χ3n) is 4.13. The molecular weight excluding hydrogens is 408 g/mol. The Balaban J connectivity index is 1.96. The van der Waals surface area contributed by atoms with Crippen LogP contribution in [0.4, 0.5) is 5.69 Å². The van der Waals surface area contributed by atoms with Crippen LogP contribution >= 0.6 is 28.1 Å². The first kappa shape index (κ1) is 20.6. The van der Waals surface area contributed by atoms with Crippen LogP contribution in [-0.2, 0) is 11.2 Å². The van der Waals surface area contributed by atoms with E-state index in [-0.39, 0.29) is 11.8 Å². The number of benzene rings is 2. The predicted octanol–water partition coefficient (Wildman–Crippen LogP) is 5.57. The molecule has 0 aromatic heterocycles. The highest BCUT2D eigenvalue weighted by Crippen LogP contribution is 2.23. The molecule has 0 aliphatic rings. The second-order valence-electron chi connectivity index (χ2n) is 6.99. The number of nitrogens with one attached hydrogen (secondary N) is 2. The minimum Gasteiger partial charge on any atom is -0.331 e. The number of amides is 1. The first-order valence-corrected chi connectivity index (χ1v) is 9.93. The lowest BCUT2D eigenvalue weighted by Crippen LogP contribution is -2.36. The first-order chi connectivity index (χ1) is 12.3. The zero-order valence-corrected chi connectivity index (χ0v) is 18.0. The summed E-state index contributed by atoms with van der Waals surface area (Å²) in [5.41, 5.74) is 4.24. The second kappa shape index (κ2) is 9.28. The van der Waals surface area contributed by atoms with E-state index in [0.717, 1.165) is 27.7 Å². The van der Waals surface area contributed by atoms with Gasteiger partial charge in [0.15, 0.2) is 5.11 Å². The van der Waals surface area contributed by atoms with E-state index < -0.39 is 0 Å². The number of rotatable bonds is 5. The molecule has 0 bridgehead atoms. The number of hydrogen-bond donors (Lipinski definition) is 2. The van der Waals surface area contributed by atoms with Crippen LogP contribution in [0, 0.1) is 12.8 Å². The molecule has 138 valence electrons. The lowest BCUT2D eigenvalue weighted by Gasteiger charge is -2.16. The Hall–Kier alpha value is -1.72. The van der Waals surface area contributed by atoms with E-state index in [9.17, 15) is 4.79 Å². The fourth-order valence-corrected chi connectivity index (χ4v) is 3.46. The molecule has 2 aromatic carbocycles. The molecule has 0 aliphatic carbocycles. The van der Waals surface area contributed by atoms with Gasteiger partial charge in [-0.1, -0.05) is 44.2 Å². The molecule has 0 spiro atoms. The maximum atomic E-state index is 12.5. The molecule has 0 aliphatic heterocycles. The van der Waals surface area contributed by atoms with Crippen molar-refractivity contribution in [3.05, 3.63) is 63.6 Å². The highest BCUT2D eigenvalue weighted by Gasteiger charge is 2.17. The van der Waals surface area contributed by atoms with E-state index in [1.807, 2.05) is 44.2 Å². The Kier molecular flexibility index (Phi) is 7.35. The van der Waals surface area contributed by atoms with Gasteiger partial charge in [0.1, 0.15) is 0 Å². The third kappa shape index (κ3) is 5.92. The van der Waals surface area contributed by atoms with E-state index >= 15 is 0 Å². The summed E-state index contributed by atoms with van der Waals surface area (Å²) in [7, 11) is 0. The van der Waals surface area contributed by atoms with Crippen LogP contribution in [0.25, 0.3) is 0 Å². The molecule has 0 saturated heterocycles. The minimum absolute atomic E-state index is 0.123. The van der Waals surface area contributed by atoms with E-state index in [4.69, 9.17) is 12.2 Å². The van der Waals surface area contributed by atoms with Gasteiger partial charge in [-0.25, -0.2) is 0 Å². The Labute approximate surface area is 169 Å². The minimum atomic E-state index is -0.274. The topological polar surface area (TPSA) is 41.1 Å². The Bertz CT molecular complexity index is 787. The van der Waals surface area contributed by atoms with Gasteiger partial charge >= 0.3 is 0 Å². The van der Waals surface area contributed by atoms with Crippen LogP contribution in [0.1, 0.15) is 43.4 Å². The Morgan fingerprint density at radius 3 is 2.35 bits per heavy atom. The van der Waals surface area contributed by atoms with Gasteiger partial charge in [0.05, 0.1) is 11.6 Å². The van der Waals surface area contributed by atoms with Crippen LogP contribution in [0.3, 0.4) is 0 Å². The standard InChI is InChI=1S/C21H25BrN2OS/c1-13(2)11-16-6-8-17(9-7-16)15(4)20(25)24-21(26)23-19-10-5-14(3)12-18(19)22/h5-10,12-13,15H,11H2,1-4H3,(H2,23,24,25,26). The summed E-state index contributed by atoms with van der Waals surface area (Å²) < 4.78 is 0.905. The number of carbonyl (C=O) groups is 1. The first-order valence-electron chi connectivity index (χ1n) is 8.73. The summed E-state index contributed by atoms with van der Waals surface area (Å²) in [6.45, 7) is 8.30. The molecule has 2 rings (SSSR count). The van der Waals surface area contributed by atoms with Crippen molar-refractivity contribution in [2.24, 2.45) is 5.92 Å². The number of carbonyl (C=O) groups excluding carboxylic acids is 1. The Morgan fingerprint density at radius 2 is 1.77 bits per heavy atom. The summed E-state index contributed by atoms with van der Waals surface area (Å²) >= 11 is 8.77. The molecule has 2 aromatic rings. The molecule has 0 fully saturated rings. The van der Waals surface area contributed by atoms with Gasteiger partial charge in [0.2, 0.25) is 5.91 Å². The zero-order valence-electron chi connectivity index (χ0n) is 15.6. The summed E-state index contributed by atoms with van der Waals surface area (Å²) in [5.74, 6) is 0.220. The van der Waals surface area contributed by atoms with Gasteiger partial charge in [-0.15, -0.1) is 0 Å². The average Bonchev–Trinajstić information content (AvgIpc) is 2.57. The fraction of sp³-hybridized carbons (Fsp3) is 0.333. The van der Waals surface area contributed by atoms with Crippen LogP contribution in [0.15, 0.2) is 46.9 Å². The van der Waals surface area contributed by atoms with Gasteiger partial charge in [-0.05, 0) is 83.2 Å². The van der Waals surface area contributed by atoms with Crippen molar-refractivity contribution in [1.29, 1.82) is 0 Å². The highest BCUT2D eigenvalue weighted by atomic mass is 79.9. The molecule has 5 heteroatoms. The van der Waals surface area contributed by atoms with Crippen molar-refractivity contribution in [1.82, 2.24) is 5.32 Å². The van der Waals surface area contributed by atoms with Crippen LogP contribution in [-0.4, -0.2) is 11.0 Å².